The van der Waals surface area contributed by atoms with Crippen LogP contribution >= 0.6 is 11.3 Å². The molecule has 0 spiro atoms. The summed E-state index contributed by atoms with van der Waals surface area (Å²) in [5, 5.41) is 4.48. The molecule has 1 atom stereocenters. The van der Waals surface area contributed by atoms with E-state index in [0.717, 1.165) is 10.7 Å². The maximum Gasteiger partial charge on any atom is 0.410 e. The lowest BCUT2D eigenvalue weighted by Gasteiger charge is -2.25. The Morgan fingerprint density at radius 2 is 2.05 bits per heavy atom. The topological polar surface area (TPSA) is 54.5 Å². The molecule has 1 heterocycles. The average Bonchev–Trinajstić information content (AvgIpc) is 2.66. The van der Waals surface area contributed by atoms with Crippen LogP contribution in [0.5, 0.6) is 0 Å². The molecule has 1 aromatic rings. The summed E-state index contributed by atoms with van der Waals surface area (Å²) in [7, 11) is 1.75. The number of likely N-dealkylation sites (N-methyl/N-ethyl adjacent to an activating group) is 1. The van der Waals surface area contributed by atoms with Crippen molar-refractivity contribution < 1.29 is 9.53 Å². The minimum atomic E-state index is -0.457. The summed E-state index contributed by atoms with van der Waals surface area (Å²) in [6.07, 6.45) is -0.294. The van der Waals surface area contributed by atoms with Gasteiger partial charge in [0.1, 0.15) is 5.60 Å². The number of amides is 1. The Labute approximate surface area is 131 Å². The van der Waals surface area contributed by atoms with Gasteiger partial charge in [0.05, 0.1) is 10.7 Å². The number of ether oxygens (including phenoxy) is 1. The van der Waals surface area contributed by atoms with Crippen molar-refractivity contribution in [2.24, 2.45) is 0 Å². The second kappa shape index (κ2) is 7.22. The van der Waals surface area contributed by atoms with Crippen molar-refractivity contribution in [2.45, 2.75) is 53.2 Å². The Morgan fingerprint density at radius 1 is 1.43 bits per heavy atom. The normalized spacial score (nSPS) is 13.1. The lowest BCUT2D eigenvalue weighted by atomic mass is 10.2. The first-order valence-electron chi connectivity index (χ1n) is 7.21. The van der Waals surface area contributed by atoms with Gasteiger partial charge in [0, 0.05) is 31.1 Å². The van der Waals surface area contributed by atoms with Crippen molar-refractivity contribution in [1.82, 2.24) is 15.2 Å². The number of rotatable bonds is 5. The van der Waals surface area contributed by atoms with Crippen molar-refractivity contribution >= 4 is 17.4 Å². The molecule has 0 radical (unpaired) electrons. The molecule has 0 fully saturated rings. The van der Waals surface area contributed by atoms with E-state index >= 15 is 0 Å². The number of nitrogens with zero attached hydrogens (tertiary/aromatic N) is 2. The quantitative estimate of drug-likeness (QED) is 0.906. The number of hydrogen-bond donors (Lipinski definition) is 1. The van der Waals surface area contributed by atoms with Crippen molar-refractivity contribution in [2.75, 3.05) is 20.1 Å². The molecule has 120 valence electrons. The summed E-state index contributed by atoms with van der Waals surface area (Å²) in [4.78, 5) is 19.2. The third kappa shape index (κ3) is 6.01. The van der Waals surface area contributed by atoms with Crippen molar-refractivity contribution in [3.8, 4) is 0 Å². The van der Waals surface area contributed by atoms with Crippen LogP contribution < -0.4 is 5.32 Å². The number of aryl methyl sites for hydroxylation is 2. The fourth-order valence-corrected chi connectivity index (χ4v) is 2.84. The lowest BCUT2D eigenvalue weighted by molar-refractivity contribution is 0.0299. The molecular formula is C15H27N3O2S. The first kappa shape index (κ1) is 17.9. The van der Waals surface area contributed by atoms with Crippen LogP contribution in [-0.4, -0.2) is 41.7 Å². The molecule has 5 nitrogen and oxygen atoms in total. The number of aromatic nitrogens is 1. The Bertz CT molecular complexity index is 480. The SMILES string of the molecule is Cc1nc(C(C)NCCN(C)C(=O)OC(C)(C)C)c(C)s1. The molecule has 21 heavy (non-hydrogen) atoms. The Balaban J connectivity index is 2.39. The van der Waals surface area contributed by atoms with Gasteiger partial charge >= 0.3 is 6.09 Å². The monoisotopic (exact) mass is 313 g/mol. The predicted octanol–water partition coefficient (Wildman–Crippen LogP) is 3.28. The lowest BCUT2D eigenvalue weighted by Crippen LogP contribution is -2.38. The van der Waals surface area contributed by atoms with E-state index in [4.69, 9.17) is 4.74 Å². The van der Waals surface area contributed by atoms with Crippen LogP contribution in [0.3, 0.4) is 0 Å². The van der Waals surface area contributed by atoms with Crippen LogP contribution in [0.2, 0.25) is 0 Å². The van der Waals surface area contributed by atoms with Crippen LogP contribution in [0.1, 0.15) is 49.3 Å². The largest absolute Gasteiger partial charge is 0.444 e. The molecule has 0 aliphatic rings. The molecular weight excluding hydrogens is 286 g/mol. The number of nitrogens with one attached hydrogen (secondary N) is 1. The number of hydrogen-bond acceptors (Lipinski definition) is 5. The zero-order chi connectivity index (χ0) is 16.2. The maximum absolute atomic E-state index is 11.8. The van der Waals surface area contributed by atoms with Gasteiger partial charge in [-0.05, 0) is 41.5 Å². The summed E-state index contributed by atoms with van der Waals surface area (Å²) < 4.78 is 5.31. The smallest absolute Gasteiger partial charge is 0.410 e. The summed E-state index contributed by atoms with van der Waals surface area (Å²) in [6.45, 7) is 13.1. The zero-order valence-corrected chi connectivity index (χ0v) is 14.9. The van der Waals surface area contributed by atoms with E-state index in [0.29, 0.717) is 13.1 Å². The third-order valence-corrected chi connectivity index (χ3v) is 3.85. The van der Waals surface area contributed by atoms with E-state index in [2.05, 4.69) is 24.1 Å². The highest BCUT2D eigenvalue weighted by atomic mass is 32.1. The molecule has 0 aliphatic carbocycles. The van der Waals surface area contributed by atoms with Gasteiger partial charge in [0.2, 0.25) is 0 Å². The van der Waals surface area contributed by atoms with Crippen LogP contribution in [0.25, 0.3) is 0 Å². The van der Waals surface area contributed by atoms with E-state index in [1.807, 2.05) is 27.7 Å². The van der Waals surface area contributed by atoms with E-state index < -0.39 is 5.60 Å². The molecule has 0 bridgehead atoms. The number of carbonyl (C=O) groups excluding carboxylic acids is 1. The van der Waals surface area contributed by atoms with E-state index in [1.54, 1.807) is 23.3 Å². The summed E-state index contributed by atoms with van der Waals surface area (Å²) in [5.41, 5.74) is 0.638. The van der Waals surface area contributed by atoms with Gasteiger partial charge in [0.25, 0.3) is 0 Å². The molecule has 0 aliphatic heterocycles. The summed E-state index contributed by atoms with van der Waals surface area (Å²) in [6, 6.07) is 0.182. The Hall–Kier alpha value is -1.14. The minimum Gasteiger partial charge on any atom is -0.444 e. The van der Waals surface area contributed by atoms with Crippen molar-refractivity contribution in [1.29, 1.82) is 0 Å². The molecule has 1 amide bonds. The molecule has 1 rings (SSSR count). The summed E-state index contributed by atoms with van der Waals surface area (Å²) in [5.74, 6) is 0. The Kier molecular flexibility index (Phi) is 6.16. The highest BCUT2D eigenvalue weighted by Crippen LogP contribution is 2.22. The van der Waals surface area contributed by atoms with Gasteiger partial charge in [0.15, 0.2) is 0 Å². The predicted molar refractivity (Wildman–Crippen MR) is 86.9 cm³/mol. The van der Waals surface area contributed by atoms with Gasteiger partial charge in [-0.15, -0.1) is 11.3 Å². The van der Waals surface area contributed by atoms with Gasteiger partial charge in [-0.2, -0.15) is 0 Å². The standard InChI is InChI=1S/C15H27N3O2S/c1-10(13-11(2)21-12(3)17-13)16-8-9-18(7)14(19)20-15(4,5)6/h10,16H,8-9H2,1-7H3. The molecule has 0 saturated heterocycles. The van der Waals surface area contributed by atoms with E-state index in [9.17, 15) is 4.79 Å². The molecule has 1 N–H and O–H groups in total. The molecule has 0 aromatic carbocycles. The molecule has 6 heteroatoms. The first-order valence-corrected chi connectivity index (χ1v) is 8.03. The average molecular weight is 313 g/mol. The highest BCUT2D eigenvalue weighted by Gasteiger charge is 2.19. The first-order chi connectivity index (χ1) is 9.60. The van der Waals surface area contributed by atoms with E-state index in [-0.39, 0.29) is 12.1 Å². The Morgan fingerprint density at radius 3 is 2.52 bits per heavy atom. The second-order valence-corrected chi connectivity index (χ2v) is 7.66. The maximum atomic E-state index is 11.8. The van der Waals surface area contributed by atoms with Gasteiger partial charge in [-0.1, -0.05) is 0 Å². The van der Waals surface area contributed by atoms with Crippen LogP contribution in [0.15, 0.2) is 0 Å². The molecule has 0 saturated carbocycles. The number of thiazole rings is 1. The van der Waals surface area contributed by atoms with Gasteiger partial charge < -0.3 is 15.0 Å². The molecule has 1 aromatic heterocycles. The third-order valence-electron chi connectivity index (χ3n) is 2.95. The van der Waals surface area contributed by atoms with Crippen molar-refractivity contribution in [3.63, 3.8) is 0 Å². The van der Waals surface area contributed by atoms with Crippen LogP contribution in [0, 0.1) is 13.8 Å². The zero-order valence-electron chi connectivity index (χ0n) is 14.1. The summed E-state index contributed by atoms with van der Waals surface area (Å²) >= 11 is 1.71. The van der Waals surface area contributed by atoms with Crippen molar-refractivity contribution in [3.05, 3.63) is 15.6 Å². The minimum absolute atomic E-state index is 0.182. The van der Waals surface area contributed by atoms with Gasteiger partial charge in [-0.3, -0.25) is 0 Å². The number of carbonyl (C=O) groups is 1. The van der Waals surface area contributed by atoms with Crippen LogP contribution in [0.4, 0.5) is 4.79 Å². The van der Waals surface area contributed by atoms with Gasteiger partial charge in [-0.25, -0.2) is 9.78 Å². The molecule has 1 unspecified atom stereocenters. The second-order valence-electron chi connectivity index (χ2n) is 6.25. The fraction of sp³-hybridized carbons (Fsp3) is 0.733. The van der Waals surface area contributed by atoms with Crippen LogP contribution in [-0.2, 0) is 4.74 Å². The highest BCUT2D eigenvalue weighted by molar-refractivity contribution is 7.11. The van der Waals surface area contributed by atoms with E-state index in [1.165, 1.54) is 4.88 Å². The fourth-order valence-electron chi connectivity index (χ4n) is 1.92.